The Morgan fingerprint density at radius 2 is 2.20 bits per heavy atom. The molecule has 0 aliphatic carbocycles. The van der Waals surface area contributed by atoms with E-state index in [2.05, 4.69) is 0 Å². The van der Waals surface area contributed by atoms with E-state index < -0.39 is 6.09 Å². The number of allylic oxidation sites excluding steroid dienone is 1. The minimum atomic E-state index is -0.888. The van der Waals surface area contributed by atoms with Gasteiger partial charge in [0.25, 0.3) is 0 Å². The van der Waals surface area contributed by atoms with E-state index in [1.807, 2.05) is 19.1 Å². The lowest BCUT2D eigenvalue weighted by Gasteiger charge is -2.08. The van der Waals surface area contributed by atoms with E-state index in [4.69, 9.17) is 5.11 Å². The Bertz CT molecular complexity index is 132. The average Bonchev–Trinajstić information content (AvgIpc) is 1.88. The third-order valence-corrected chi connectivity index (χ3v) is 1.11. The summed E-state index contributed by atoms with van der Waals surface area (Å²) in [6.45, 7) is 2.49. The monoisotopic (exact) mass is 143 g/mol. The summed E-state index contributed by atoms with van der Waals surface area (Å²) in [5, 5.41) is 8.37. The van der Waals surface area contributed by atoms with E-state index in [0.717, 1.165) is 6.42 Å². The highest BCUT2D eigenvalue weighted by Crippen LogP contribution is 1.85. The number of rotatable bonds is 3. The first-order valence-electron chi connectivity index (χ1n) is 3.27. The van der Waals surface area contributed by atoms with Crippen LogP contribution in [-0.2, 0) is 0 Å². The van der Waals surface area contributed by atoms with Crippen LogP contribution in [0.5, 0.6) is 0 Å². The van der Waals surface area contributed by atoms with Gasteiger partial charge in [-0.05, 0) is 6.42 Å². The molecule has 58 valence electrons. The summed E-state index contributed by atoms with van der Waals surface area (Å²) in [5.41, 5.74) is 0. The molecule has 0 rings (SSSR count). The molecular weight excluding hydrogens is 130 g/mol. The first-order valence-corrected chi connectivity index (χ1v) is 3.27. The molecule has 0 saturated heterocycles. The second-order valence-corrected chi connectivity index (χ2v) is 2.04. The molecule has 0 aromatic rings. The minimum Gasteiger partial charge on any atom is -0.465 e. The molecule has 0 bridgehead atoms. The number of hydrogen-bond donors (Lipinski definition) is 1. The zero-order valence-electron chi connectivity index (χ0n) is 6.37. The molecular formula is C7H13NO2. The second-order valence-electron chi connectivity index (χ2n) is 2.04. The maximum atomic E-state index is 10.2. The van der Waals surface area contributed by atoms with Crippen LogP contribution in [0.4, 0.5) is 4.79 Å². The van der Waals surface area contributed by atoms with E-state index in [1.165, 1.54) is 4.90 Å². The summed E-state index contributed by atoms with van der Waals surface area (Å²) < 4.78 is 0. The molecule has 0 radical (unpaired) electrons. The molecule has 0 aromatic heterocycles. The summed E-state index contributed by atoms with van der Waals surface area (Å²) in [4.78, 5) is 11.4. The topological polar surface area (TPSA) is 40.5 Å². The third kappa shape index (κ3) is 3.95. The van der Waals surface area contributed by atoms with Crippen molar-refractivity contribution in [2.45, 2.75) is 13.3 Å². The third-order valence-electron chi connectivity index (χ3n) is 1.11. The van der Waals surface area contributed by atoms with E-state index in [1.54, 1.807) is 7.05 Å². The molecule has 0 aliphatic rings. The van der Waals surface area contributed by atoms with Crippen molar-refractivity contribution in [3.63, 3.8) is 0 Å². The van der Waals surface area contributed by atoms with Crippen molar-refractivity contribution in [3.8, 4) is 0 Å². The van der Waals surface area contributed by atoms with Crippen molar-refractivity contribution in [2.75, 3.05) is 13.6 Å². The number of nitrogens with zero attached hydrogens (tertiary/aromatic N) is 1. The molecule has 0 aromatic carbocycles. The van der Waals surface area contributed by atoms with Crippen molar-refractivity contribution in [3.05, 3.63) is 12.2 Å². The van der Waals surface area contributed by atoms with Gasteiger partial charge in [0.2, 0.25) is 0 Å². The van der Waals surface area contributed by atoms with Gasteiger partial charge in [-0.2, -0.15) is 0 Å². The highest BCUT2D eigenvalue weighted by atomic mass is 16.4. The van der Waals surface area contributed by atoms with E-state index in [9.17, 15) is 4.79 Å². The number of hydrogen-bond acceptors (Lipinski definition) is 1. The quantitative estimate of drug-likeness (QED) is 0.609. The smallest absolute Gasteiger partial charge is 0.407 e. The molecule has 3 nitrogen and oxygen atoms in total. The molecule has 10 heavy (non-hydrogen) atoms. The van der Waals surface area contributed by atoms with Gasteiger partial charge in [0.1, 0.15) is 0 Å². The van der Waals surface area contributed by atoms with Crippen molar-refractivity contribution in [1.82, 2.24) is 4.90 Å². The lowest BCUT2D eigenvalue weighted by molar-refractivity contribution is 0.160. The molecule has 0 fully saturated rings. The van der Waals surface area contributed by atoms with Crippen LogP contribution in [0.15, 0.2) is 12.2 Å². The molecule has 0 heterocycles. The number of likely N-dealkylation sites (N-methyl/N-ethyl adjacent to an activating group) is 1. The van der Waals surface area contributed by atoms with E-state index >= 15 is 0 Å². The lowest BCUT2D eigenvalue weighted by atomic mass is 10.4. The molecule has 1 amide bonds. The first-order chi connectivity index (χ1) is 4.68. The van der Waals surface area contributed by atoms with Gasteiger partial charge in [-0.15, -0.1) is 0 Å². The standard InChI is InChI=1S/C7H13NO2/c1-3-4-5-6-8(2)7(9)10/h4-5H,3,6H2,1-2H3,(H,9,10)/b5-4-. The largest absolute Gasteiger partial charge is 0.465 e. The average molecular weight is 143 g/mol. The fraction of sp³-hybridized carbons (Fsp3) is 0.571. The highest BCUT2D eigenvalue weighted by molar-refractivity contribution is 5.64. The summed E-state index contributed by atoms with van der Waals surface area (Å²) in [7, 11) is 1.54. The van der Waals surface area contributed by atoms with Crippen LogP contribution >= 0.6 is 0 Å². The zero-order chi connectivity index (χ0) is 7.98. The molecule has 1 N–H and O–H groups in total. The summed E-state index contributed by atoms with van der Waals surface area (Å²) in [5.74, 6) is 0. The Kier molecular flexibility index (Phi) is 4.37. The molecule has 0 aliphatic heterocycles. The summed E-state index contributed by atoms with van der Waals surface area (Å²) in [6, 6.07) is 0. The predicted molar refractivity (Wildman–Crippen MR) is 40.1 cm³/mol. The maximum absolute atomic E-state index is 10.2. The maximum Gasteiger partial charge on any atom is 0.407 e. The fourth-order valence-electron chi connectivity index (χ4n) is 0.477. The first kappa shape index (κ1) is 9.01. The molecule has 0 spiro atoms. The van der Waals surface area contributed by atoms with Crippen molar-refractivity contribution >= 4 is 6.09 Å². The van der Waals surface area contributed by atoms with Crippen LogP contribution in [0.1, 0.15) is 13.3 Å². The second kappa shape index (κ2) is 4.85. The summed E-state index contributed by atoms with van der Waals surface area (Å²) in [6.07, 6.45) is 3.85. The van der Waals surface area contributed by atoms with Crippen molar-refractivity contribution in [2.24, 2.45) is 0 Å². The van der Waals surface area contributed by atoms with Crippen LogP contribution in [0.3, 0.4) is 0 Å². The Hall–Kier alpha value is -0.990. The van der Waals surface area contributed by atoms with Crippen molar-refractivity contribution in [1.29, 1.82) is 0 Å². The van der Waals surface area contributed by atoms with E-state index in [-0.39, 0.29) is 0 Å². The zero-order valence-corrected chi connectivity index (χ0v) is 6.37. The number of carbonyl (C=O) groups is 1. The van der Waals surface area contributed by atoms with Gasteiger partial charge in [0, 0.05) is 13.6 Å². The van der Waals surface area contributed by atoms with Gasteiger partial charge in [-0.1, -0.05) is 19.1 Å². The Labute approximate surface area is 61.0 Å². The van der Waals surface area contributed by atoms with Crippen LogP contribution in [0.25, 0.3) is 0 Å². The Morgan fingerprint density at radius 1 is 1.60 bits per heavy atom. The van der Waals surface area contributed by atoms with Gasteiger partial charge in [-0.3, -0.25) is 0 Å². The SMILES string of the molecule is CC/C=C\CN(C)C(=O)O. The molecule has 3 heteroatoms. The van der Waals surface area contributed by atoms with Crippen LogP contribution in [0, 0.1) is 0 Å². The normalized spacial score (nSPS) is 10.2. The Morgan fingerprint density at radius 3 is 2.60 bits per heavy atom. The lowest BCUT2D eigenvalue weighted by Crippen LogP contribution is -2.24. The number of amides is 1. The number of carboxylic acid groups (broad SMARTS) is 1. The van der Waals surface area contributed by atoms with Crippen LogP contribution in [-0.4, -0.2) is 29.7 Å². The van der Waals surface area contributed by atoms with Gasteiger partial charge < -0.3 is 10.0 Å². The molecule has 0 atom stereocenters. The van der Waals surface area contributed by atoms with Gasteiger partial charge >= 0.3 is 6.09 Å². The molecule has 0 unspecified atom stereocenters. The predicted octanol–water partition coefficient (Wildman–Crippen LogP) is 1.56. The van der Waals surface area contributed by atoms with Crippen LogP contribution in [0.2, 0.25) is 0 Å². The highest BCUT2D eigenvalue weighted by Gasteiger charge is 1.99. The van der Waals surface area contributed by atoms with E-state index in [0.29, 0.717) is 6.54 Å². The van der Waals surface area contributed by atoms with Gasteiger partial charge in [0.15, 0.2) is 0 Å². The molecule has 0 saturated carbocycles. The fourth-order valence-corrected chi connectivity index (χ4v) is 0.477. The van der Waals surface area contributed by atoms with Crippen LogP contribution < -0.4 is 0 Å². The van der Waals surface area contributed by atoms with Crippen molar-refractivity contribution < 1.29 is 9.90 Å². The minimum absolute atomic E-state index is 0.475. The summed E-state index contributed by atoms with van der Waals surface area (Å²) >= 11 is 0. The van der Waals surface area contributed by atoms with Gasteiger partial charge in [0.05, 0.1) is 0 Å². The van der Waals surface area contributed by atoms with Gasteiger partial charge in [-0.25, -0.2) is 4.79 Å². The Balaban J connectivity index is 3.48.